The second-order valence-corrected chi connectivity index (χ2v) is 5.00. The van der Waals surface area contributed by atoms with Gasteiger partial charge in [0.2, 0.25) is 0 Å². The van der Waals surface area contributed by atoms with E-state index in [9.17, 15) is 4.39 Å². The number of ether oxygens (including phenoxy) is 1. The molecule has 0 aliphatic heterocycles. The summed E-state index contributed by atoms with van der Waals surface area (Å²) in [6.07, 6.45) is 1.72. The summed E-state index contributed by atoms with van der Waals surface area (Å²) < 4.78 is 18.4. The van der Waals surface area contributed by atoms with E-state index in [1.54, 1.807) is 20.1 Å². The molecular weight excluding hydrogens is 253 g/mol. The lowest BCUT2D eigenvalue weighted by Crippen LogP contribution is -2.11. The van der Waals surface area contributed by atoms with Crippen LogP contribution in [0.4, 0.5) is 4.39 Å². The van der Waals surface area contributed by atoms with Gasteiger partial charge in [0, 0.05) is 6.04 Å². The predicted octanol–water partition coefficient (Wildman–Crippen LogP) is 3.78. The molecule has 0 fully saturated rings. The summed E-state index contributed by atoms with van der Waals surface area (Å²) in [4.78, 5) is 0. The number of methoxy groups -OCH3 is 1. The summed E-state index contributed by atoms with van der Waals surface area (Å²) in [6.45, 7) is 1.76. The lowest BCUT2D eigenvalue weighted by molar-refractivity contribution is 0.414. The molecule has 0 saturated heterocycles. The fourth-order valence-corrected chi connectivity index (χ4v) is 2.18. The number of halogens is 1. The van der Waals surface area contributed by atoms with Crippen LogP contribution in [0.25, 0.3) is 0 Å². The summed E-state index contributed by atoms with van der Waals surface area (Å²) in [7, 11) is 1.65. The maximum atomic E-state index is 13.2. The smallest absolute Gasteiger partial charge is 0.126 e. The van der Waals surface area contributed by atoms with E-state index in [0.29, 0.717) is 5.56 Å². The molecule has 0 amide bonds. The first-order valence-corrected chi connectivity index (χ1v) is 6.74. The average molecular weight is 273 g/mol. The number of hydrogen-bond acceptors (Lipinski definition) is 2. The highest BCUT2D eigenvalue weighted by Crippen LogP contribution is 2.20. The highest BCUT2D eigenvalue weighted by Gasteiger charge is 2.08. The van der Waals surface area contributed by atoms with E-state index < -0.39 is 0 Å². The van der Waals surface area contributed by atoms with Gasteiger partial charge in [0.1, 0.15) is 11.6 Å². The Bertz CT molecular complexity index is 566. The van der Waals surface area contributed by atoms with E-state index >= 15 is 0 Å². The lowest BCUT2D eigenvalue weighted by Gasteiger charge is -2.13. The van der Waals surface area contributed by atoms with Gasteiger partial charge < -0.3 is 10.5 Å². The number of benzene rings is 2. The Balaban J connectivity index is 1.96. The van der Waals surface area contributed by atoms with E-state index in [0.717, 1.165) is 24.2 Å². The van der Waals surface area contributed by atoms with E-state index in [1.807, 2.05) is 30.3 Å². The zero-order chi connectivity index (χ0) is 14.5. The van der Waals surface area contributed by atoms with Gasteiger partial charge in [0.25, 0.3) is 0 Å². The second kappa shape index (κ2) is 6.53. The van der Waals surface area contributed by atoms with Crippen molar-refractivity contribution in [2.45, 2.75) is 25.8 Å². The standard InChI is InChI=1S/C17H20FNO/c1-12-11-14(6-9-16(12)18)17(19)10-5-13-3-7-15(20-2)8-4-13/h3-4,6-9,11,17H,5,10,19H2,1-2H3. The Morgan fingerprint density at radius 2 is 1.85 bits per heavy atom. The third-order valence-corrected chi connectivity index (χ3v) is 3.51. The normalized spacial score (nSPS) is 12.2. The van der Waals surface area contributed by atoms with E-state index in [-0.39, 0.29) is 11.9 Å². The minimum Gasteiger partial charge on any atom is -0.497 e. The third kappa shape index (κ3) is 3.58. The fraction of sp³-hybridized carbons (Fsp3) is 0.294. The summed E-state index contributed by atoms with van der Waals surface area (Å²) in [5.41, 5.74) is 9.02. The van der Waals surface area contributed by atoms with Gasteiger partial charge in [-0.25, -0.2) is 4.39 Å². The van der Waals surface area contributed by atoms with Crippen LogP contribution < -0.4 is 10.5 Å². The van der Waals surface area contributed by atoms with Crippen molar-refractivity contribution in [3.05, 3.63) is 65.0 Å². The Labute approximate surface area is 119 Å². The van der Waals surface area contributed by atoms with Gasteiger partial charge in [-0.2, -0.15) is 0 Å². The van der Waals surface area contributed by atoms with Crippen molar-refractivity contribution in [3.63, 3.8) is 0 Å². The van der Waals surface area contributed by atoms with Crippen LogP contribution in [0.15, 0.2) is 42.5 Å². The first-order valence-electron chi connectivity index (χ1n) is 6.74. The molecule has 3 heteroatoms. The fourth-order valence-electron chi connectivity index (χ4n) is 2.18. The molecule has 0 saturated carbocycles. The largest absolute Gasteiger partial charge is 0.497 e. The highest BCUT2D eigenvalue weighted by molar-refractivity contribution is 5.29. The molecule has 0 aromatic heterocycles. The van der Waals surface area contributed by atoms with Gasteiger partial charge in [-0.05, 0) is 54.7 Å². The van der Waals surface area contributed by atoms with E-state index in [2.05, 4.69) is 0 Å². The van der Waals surface area contributed by atoms with Gasteiger partial charge in [-0.3, -0.25) is 0 Å². The maximum Gasteiger partial charge on any atom is 0.126 e. The van der Waals surface area contributed by atoms with Crippen LogP contribution >= 0.6 is 0 Å². The number of hydrogen-bond donors (Lipinski definition) is 1. The Kier molecular flexibility index (Phi) is 4.74. The Morgan fingerprint density at radius 1 is 1.15 bits per heavy atom. The van der Waals surface area contributed by atoms with Crippen molar-refractivity contribution in [1.82, 2.24) is 0 Å². The zero-order valence-corrected chi connectivity index (χ0v) is 11.9. The van der Waals surface area contributed by atoms with Crippen molar-refractivity contribution in [1.29, 1.82) is 0 Å². The van der Waals surface area contributed by atoms with E-state index in [4.69, 9.17) is 10.5 Å². The first-order chi connectivity index (χ1) is 9.60. The van der Waals surface area contributed by atoms with Crippen molar-refractivity contribution >= 4 is 0 Å². The summed E-state index contributed by atoms with van der Waals surface area (Å²) in [5, 5.41) is 0. The minimum atomic E-state index is -0.184. The third-order valence-electron chi connectivity index (χ3n) is 3.51. The molecule has 2 aromatic rings. The summed E-state index contributed by atoms with van der Waals surface area (Å²) >= 11 is 0. The molecule has 2 N–H and O–H groups in total. The molecule has 106 valence electrons. The molecule has 0 radical (unpaired) electrons. The number of aryl methyl sites for hydroxylation is 2. The molecule has 2 aromatic carbocycles. The maximum absolute atomic E-state index is 13.2. The molecule has 2 rings (SSSR count). The molecule has 0 spiro atoms. The van der Waals surface area contributed by atoms with Gasteiger partial charge in [0.15, 0.2) is 0 Å². The first kappa shape index (κ1) is 14.5. The molecular formula is C17H20FNO. The topological polar surface area (TPSA) is 35.2 Å². The van der Waals surface area contributed by atoms with Gasteiger partial charge in [-0.1, -0.05) is 24.3 Å². The van der Waals surface area contributed by atoms with Crippen LogP contribution in [0, 0.1) is 12.7 Å². The van der Waals surface area contributed by atoms with Gasteiger partial charge >= 0.3 is 0 Å². The molecule has 20 heavy (non-hydrogen) atoms. The van der Waals surface area contributed by atoms with Gasteiger partial charge in [0.05, 0.1) is 7.11 Å². The average Bonchev–Trinajstić information content (AvgIpc) is 2.48. The summed E-state index contributed by atoms with van der Waals surface area (Å²) in [5.74, 6) is 0.670. The Hall–Kier alpha value is -1.87. The quantitative estimate of drug-likeness (QED) is 0.900. The van der Waals surface area contributed by atoms with E-state index in [1.165, 1.54) is 11.6 Å². The van der Waals surface area contributed by atoms with Crippen LogP contribution in [0.3, 0.4) is 0 Å². The van der Waals surface area contributed by atoms with Crippen molar-refractivity contribution in [2.24, 2.45) is 5.73 Å². The van der Waals surface area contributed by atoms with Crippen LogP contribution in [-0.2, 0) is 6.42 Å². The van der Waals surface area contributed by atoms with Crippen LogP contribution in [0.2, 0.25) is 0 Å². The highest BCUT2D eigenvalue weighted by atomic mass is 19.1. The molecule has 0 aliphatic rings. The molecule has 0 heterocycles. The van der Waals surface area contributed by atoms with Crippen LogP contribution in [0.1, 0.15) is 29.2 Å². The van der Waals surface area contributed by atoms with Crippen molar-refractivity contribution in [2.75, 3.05) is 7.11 Å². The predicted molar refractivity (Wildman–Crippen MR) is 79.4 cm³/mol. The second-order valence-electron chi connectivity index (χ2n) is 5.00. The molecule has 0 bridgehead atoms. The van der Waals surface area contributed by atoms with Crippen LogP contribution in [0.5, 0.6) is 5.75 Å². The number of nitrogens with two attached hydrogens (primary N) is 1. The van der Waals surface area contributed by atoms with Crippen molar-refractivity contribution in [3.8, 4) is 5.75 Å². The van der Waals surface area contributed by atoms with Gasteiger partial charge in [-0.15, -0.1) is 0 Å². The lowest BCUT2D eigenvalue weighted by atomic mass is 9.98. The SMILES string of the molecule is COc1ccc(CCC(N)c2ccc(F)c(C)c2)cc1. The number of rotatable bonds is 5. The minimum absolute atomic E-state index is 0.0728. The molecule has 2 nitrogen and oxygen atoms in total. The summed E-state index contributed by atoms with van der Waals surface area (Å²) in [6, 6.07) is 13.0. The van der Waals surface area contributed by atoms with Crippen LogP contribution in [-0.4, -0.2) is 7.11 Å². The Morgan fingerprint density at radius 3 is 2.45 bits per heavy atom. The molecule has 1 unspecified atom stereocenters. The monoisotopic (exact) mass is 273 g/mol. The molecule has 0 aliphatic carbocycles. The van der Waals surface area contributed by atoms with Crippen molar-refractivity contribution < 1.29 is 9.13 Å². The molecule has 1 atom stereocenters. The zero-order valence-electron chi connectivity index (χ0n) is 11.9.